The fourth-order valence-corrected chi connectivity index (χ4v) is 1.22. The largest absolute Gasteiger partial charge is 0.479 e. The number of aliphatic carboxylic acids is 1. The number of carboxylic acid groups (broad SMARTS) is 1. The molecule has 1 aliphatic rings. The van der Waals surface area contributed by atoms with Crippen molar-refractivity contribution in [1.82, 2.24) is 5.32 Å². The average molecular weight is 200 g/mol. The lowest BCUT2D eigenvalue weighted by molar-refractivity contribution is -0.145. The first-order valence-electron chi connectivity index (χ1n) is 4.17. The minimum atomic E-state index is -1.13. The highest BCUT2D eigenvalue weighted by Crippen LogP contribution is 2.17. The van der Waals surface area contributed by atoms with Gasteiger partial charge in [0.05, 0.1) is 20.0 Å². The number of rotatable bonds is 4. The number of hydrogen-bond acceptors (Lipinski definition) is 5. The van der Waals surface area contributed by atoms with Crippen LogP contribution in [0.5, 0.6) is 0 Å². The molecule has 0 fully saturated rings. The molecule has 14 heavy (non-hydrogen) atoms. The first-order valence-corrected chi connectivity index (χ1v) is 4.17. The predicted molar refractivity (Wildman–Crippen MR) is 48.1 cm³/mol. The number of nitrogens with one attached hydrogen (secondary N) is 1. The number of carbonyl (C=O) groups is 2. The molecule has 6 heteroatoms. The summed E-state index contributed by atoms with van der Waals surface area (Å²) in [7, 11) is 1.27. The van der Waals surface area contributed by atoms with E-state index < -0.39 is 17.5 Å². The van der Waals surface area contributed by atoms with E-state index in [0.717, 1.165) is 0 Å². The minimum Gasteiger partial charge on any atom is -0.479 e. The summed E-state index contributed by atoms with van der Waals surface area (Å²) in [4.78, 5) is 25.6. The van der Waals surface area contributed by atoms with E-state index in [0.29, 0.717) is 0 Å². The summed E-state index contributed by atoms with van der Waals surface area (Å²) in [5, 5.41) is 11.6. The standard InChI is InChI=1S/C8H12N2O4/c1-14-6(11)2-3-8(7(12)13)4-9-5-10-8/h5H,2-4H2,1H3,(H,9,10)(H,12,13). The molecule has 0 aliphatic carbocycles. The van der Waals surface area contributed by atoms with Gasteiger partial charge in [-0.25, -0.2) is 4.79 Å². The number of aliphatic imine (C=N–C) groups is 1. The van der Waals surface area contributed by atoms with Gasteiger partial charge in [0.25, 0.3) is 0 Å². The summed E-state index contributed by atoms with van der Waals surface area (Å²) in [5.74, 6) is -1.42. The highest BCUT2D eigenvalue weighted by molar-refractivity contribution is 5.85. The van der Waals surface area contributed by atoms with Crippen LogP contribution in [-0.4, -0.2) is 42.6 Å². The SMILES string of the molecule is COC(=O)CCC1(C(=O)O)CN=CN1. The van der Waals surface area contributed by atoms with Crippen molar-refractivity contribution in [3.63, 3.8) is 0 Å². The van der Waals surface area contributed by atoms with Crippen LogP contribution in [0, 0.1) is 0 Å². The molecule has 6 nitrogen and oxygen atoms in total. The van der Waals surface area contributed by atoms with E-state index in [4.69, 9.17) is 5.11 Å². The Morgan fingerprint density at radius 3 is 2.86 bits per heavy atom. The lowest BCUT2D eigenvalue weighted by Crippen LogP contribution is -2.50. The summed E-state index contributed by atoms with van der Waals surface area (Å²) in [5.41, 5.74) is -1.13. The Kier molecular flexibility index (Phi) is 3.06. The lowest BCUT2D eigenvalue weighted by Gasteiger charge is -2.22. The van der Waals surface area contributed by atoms with Gasteiger partial charge in [-0.1, -0.05) is 0 Å². The van der Waals surface area contributed by atoms with Crippen LogP contribution in [0.3, 0.4) is 0 Å². The van der Waals surface area contributed by atoms with Crippen LogP contribution in [0.2, 0.25) is 0 Å². The van der Waals surface area contributed by atoms with Crippen molar-refractivity contribution in [3.05, 3.63) is 0 Å². The number of ether oxygens (including phenoxy) is 1. The van der Waals surface area contributed by atoms with Gasteiger partial charge in [-0.05, 0) is 6.42 Å². The molecule has 0 aromatic heterocycles. The first kappa shape index (κ1) is 10.5. The number of nitrogens with zero attached hydrogens (tertiary/aromatic N) is 1. The van der Waals surface area contributed by atoms with Gasteiger partial charge in [0.1, 0.15) is 0 Å². The van der Waals surface area contributed by atoms with E-state index in [9.17, 15) is 9.59 Å². The van der Waals surface area contributed by atoms with Gasteiger partial charge in [0, 0.05) is 6.42 Å². The number of carboxylic acids is 1. The molecule has 2 N–H and O–H groups in total. The predicted octanol–water partition coefficient (Wildman–Crippen LogP) is -0.606. The molecule has 1 heterocycles. The Labute approximate surface area is 81.0 Å². The molecule has 0 spiro atoms. The quantitative estimate of drug-likeness (QED) is 0.591. The van der Waals surface area contributed by atoms with E-state index in [-0.39, 0.29) is 19.4 Å². The summed E-state index contributed by atoms with van der Waals surface area (Å²) in [6, 6.07) is 0. The zero-order chi connectivity index (χ0) is 10.6. The van der Waals surface area contributed by atoms with Crippen molar-refractivity contribution in [2.24, 2.45) is 4.99 Å². The minimum absolute atomic E-state index is 0.0686. The van der Waals surface area contributed by atoms with E-state index in [1.54, 1.807) is 0 Å². The van der Waals surface area contributed by atoms with Gasteiger partial charge in [-0.2, -0.15) is 0 Å². The topological polar surface area (TPSA) is 88.0 Å². The van der Waals surface area contributed by atoms with Gasteiger partial charge >= 0.3 is 11.9 Å². The average Bonchev–Trinajstić information content (AvgIpc) is 2.64. The van der Waals surface area contributed by atoms with Crippen molar-refractivity contribution in [3.8, 4) is 0 Å². The summed E-state index contributed by atoms with van der Waals surface area (Å²) in [6.45, 7) is 0.152. The maximum Gasteiger partial charge on any atom is 0.331 e. The van der Waals surface area contributed by atoms with E-state index in [2.05, 4.69) is 15.0 Å². The summed E-state index contributed by atoms with van der Waals surface area (Å²) < 4.78 is 4.43. The van der Waals surface area contributed by atoms with Crippen LogP contribution in [-0.2, 0) is 14.3 Å². The van der Waals surface area contributed by atoms with Crippen LogP contribution in [0.15, 0.2) is 4.99 Å². The van der Waals surface area contributed by atoms with Crippen LogP contribution in [0.1, 0.15) is 12.8 Å². The second kappa shape index (κ2) is 4.08. The van der Waals surface area contributed by atoms with Gasteiger partial charge < -0.3 is 15.2 Å². The third-order valence-electron chi connectivity index (χ3n) is 2.19. The van der Waals surface area contributed by atoms with Crippen LogP contribution in [0.25, 0.3) is 0 Å². The van der Waals surface area contributed by atoms with E-state index in [1.807, 2.05) is 0 Å². The Morgan fingerprint density at radius 1 is 1.71 bits per heavy atom. The first-order chi connectivity index (χ1) is 6.60. The smallest absolute Gasteiger partial charge is 0.331 e. The molecule has 0 saturated heterocycles. The van der Waals surface area contributed by atoms with Crippen molar-refractivity contribution < 1.29 is 19.4 Å². The number of hydrogen-bond donors (Lipinski definition) is 2. The van der Waals surface area contributed by atoms with Crippen molar-refractivity contribution >= 4 is 18.3 Å². The summed E-state index contributed by atoms with van der Waals surface area (Å²) >= 11 is 0. The van der Waals surface area contributed by atoms with Gasteiger partial charge in [0.2, 0.25) is 0 Å². The fraction of sp³-hybridized carbons (Fsp3) is 0.625. The Balaban J connectivity index is 2.53. The van der Waals surface area contributed by atoms with Gasteiger partial charge in [0.15, 0.2) is 5.54 Å². The molecule has 0 saturated carbocycles. The Hall–Kier alpha value is -1.59. The van der Waals surface area contributed by atoms with E-state index in [1.165, 1.54) is 13.4 Å². The van der Waals surface area contributed by atoms with Crippen molar-refractivity contribution in [2.75, 3.05) is 13.7 Å². The highest BCUT2D eigenvalue weighted by Gasteiger charge is 2.40. The molecule has 1 aliphatic heterocycles. The second-order valence-corrected chi connectivity index (χ2v) is 3.08. The second-order valence-electron chi connectivity index (χ2n) is 3.08. The monoisotopic (exact) mass is 200 g/mol. The third kappa shape index (κ3) is 2.01. The summed E-state index contributed by atoms with van der Waals surface area (Å²) in [6.07, 6.45) is 1.60. The normalized spacial score (nSPS) is 24.4. The van der Waals surface area contributed by atoms with Gasteiger partial charge in [-0.3, -0.25) is 9.79 Å². The maximum absolute atomic E-state index is 10.9. The van der Waals surface area contributed by atoms with Crippen LogP contribution < -0.4 is 5.32 Å². The maximum atomic E-state index is 10.9. The zero-order valence-corrected chi connectivity index (χ0v) is 7.82. The third-order valence-corrected chi connectivity index (χ3v) is 2.19. The molecule has 1 rings (SSSR count). The van der Waals surface area contributed by atoms with Gasteiger partial charge in [-0.15, -0.1) is 0 Å². The van der Waals surface area contributed by atoms with Crippen molar-refractivity contribution in [2.45, 2.75) is 18.4 Å². The molecule has 0 aromatic carbocycles. The molecular formula is C8H12N2O4. The number of methoxy groups -OCH3 is 1. The molecular weight excluding hydrogens is 188 g/mol. The Morgan fingerprint density at radius 2 is 2.43 bits per heavy atom. The van der Waals surface area contributed by atoms with Crippen molar-refractivity contribution in [1.29, 1.82) is 0 Å². The highest BCUT2D eigenvalue weighted by atomic mass is 16.5. The Bertz CT molecular complexity index is 267. The zero-order valence-electron chi connectivity index (χ0n) is 7.82. The number of esters is 1. The van der Waals surface area contributed by atoms with Crippen LogP contribution >= 0.6 is 0 Å². The molecule has 78 valence electrons. The molecule has 0 bridgehead atoms. The molecule has 0 aromatic rings. The fourth-order valence-electron chi connectivity index (χ4n) is 1.22. The number of carbonyl (C=O) groups excluding carboxylic acids is 1. The molecule has 0 radical (unpaired) electrons. The lowest BCUT2D eigenvalue weighted by atomic mass is 9.94. The van der Waals surface area contributed by atoms with Crippen LogP contribution in [0.4, 0.5) is 0 Å². The molecule has 1 atom stereocenters. The molecule has 1 unspecified atom stereocenters. The molecule has 0 amide bonds. The van der Waals surface area contributed by atoms with E-state index >= 15 is 0 Å².